The van der Waals surface area contributed by atoms with E-state index in [1.807, 2.05) is 12.1 Å². The maximum absolute atomic E-state index is 13.1. The van der Waals surface area contributed by atoms with Crippen molar-refractivity contribution in [2.45, 2.75) is 12.5 Å². The molecule has 1 unspecified atom stereocenters. The molecule has 2 aromatic carbocycles. The van der Waals surface area contributed by atoms with Gasteiger partial charge in [-0.2, -0.15) is 0 Å². The van der Waals surface area contributed by atoms with Crippen molar-refractivity contribution in [1.29, 1.82) is 0 Å². The first-order valence-electron chi connectivity index (χ1n) is 11.0. The summed E-state index contributed by atoms with van der Waals surface area (Å²) in [5.41, 5.74) is 1.35. The van der Waals surface area contributed by atoms with E-state index in [4.69, 9.17) is 9.47 Å². The Balaban J connectivity index is 1.66. The van der Waals surface area contributed by atoms with E-state index in [2.05, 4.69) is 20.8 Å². The SMILES string of the molecule is COc1ccc(C2/C(=C(\O)c3ccc(Br)cc3)C(=O)C(=O)N2CCCN2CCOCC2)cc1. The highest BCUT2D eigenvalue weighted by molar-refractivity contribution is 9.10. The van der Waals surface area contributed by atoms with Crippen molar-refractivity contribution in [1.82, 2.24) is 9.80 Å². The Morgan fingerprint density at radius 3 is 2.36 bits per heavy atom. The van der Waals surface area contributed by atoms with Gasteiger partial charge in [0.2, 0.25) is 0 Å². The number of aliphatic hydroxyl groups is 1. The number of rotatable bonds is 7. The zero-order chi connectivity index (χ0) is 23.4. The van der Waals surface area contributed by atoms with E-state index in [0.717, 1.165) is 36.1 Å². The summed E-state index contributed by atoms with van der Waals surface area (Å²) in [5.74, 6) is -0.743. The molecule has 7 nitrogen and oxygen atoms in total. The zero-order valence-electron chi connectivity index (χ0n) is 18.5. The summed E-state index contributed by atoms with van der Waals surface area (Å²) >= 11 is 3.38. The van der Waals surface area contributed by atoms with Crippen LogP contribution in [0.1, 0.15) is 23.6 Å². The highest BCUT2D eigenvalue weighted by Gasteiger charge is 2.45. The fourth-order valence-corrected chi connectivity index (χ4v) is 4.56. The van der Waals surface area contributed by atoms with Crippen LogP contribution in [0.2, 0.25) is 0 Å². The maximum atomic E-state index is 13.1. The molecule has 0 radical (unpaired) electrons. The summed E-state index contributed by atoms with van der Waals surface area (Å²) in [4.78, 5) is 30.0. The molecule has 0 aromatic heterocycles. The van der Waals surface area contributed by atoms with Crippen LogP contribution in [0, 0.1) is 0 Å². The number of ketones is 1. The van der Waals surface area contributed by atoms with E-state index in [1.165, 1.54) is 0 Å². The molecule has 8 heteroatoms. The molecule has 4 rings (SSSR count). The zero-order valence-corrected chi connectivity index (χ0v) is 20.1. The number of morpholine rings is 1. The van der Waals surface area contributed by atoms with Crippen molar-refractivity contribution >= 4 is 33.4 Å². The number of nitrogens with zero attached hydrogens (tertiary/aromatic N) is 2. The van der Waals surface area contributed by atoms with Crippen LogP contribution in [0.3, 0.4) is 0 Å². The molecule has 33 heavy (non-hydrogen) atoms. The van der Waals surface area contributed by atoms with Gasteiger partial charge >= 0.3 is 0 Å². The number of halogens is 1. The van der Waals surface area contributed by atoms with Gasteiger partial charge in [-0.1, -0.05) is 40.2 Å². The van der Waals surface area contributed by atoms with Crippen molar-refractivity contribution in [3.05, 3.63) is 69.7 Å². The lowest BCUT2D eigenvalue weighted by Gasteiger charge is -2.29. The molecule has 2 aromatic rings. The van der Waals surface area contributed by atoms with Gasteiger partial charge in [-0.25, -0.2) is 0 Å². The molecule has 0 aliphatic carbocycles. The van der Waals surface area contributed by atoms with Crippen molar-refractivity contribution < 1.29 is 24.2 Å². The number of hydrogen-bond acceptors (Lipinski definition) is 6. The molecule has 0 saturated carbocycles. The van der Waals surface area contributed by atoms with E-state index in [-0.39, 0.29) is 11.3 Å². The molecule has 1 amide bonds. The highest BCUT2D eigenvalue weighted by Crippen LogP contribution is 2.40. The van der Waals surface area contributed by atoms with E-state index >= 15 is 0 Å². The third kappa shape index (κ3) is 5.13. The molecule has 174 valence electrons. The van der Waals surface area contributed by atoms with E-state index < -0.39 is 17.7 Å². The van der Waals surface area contributed by atoms with Crippen molar-refractivity contribution in [3.63, 3.8) is 0 Å². The molecule has 0 spiro atoms. The number of carbonyl (C=O) groups excluding carboxylic acids is 2. The minimum Gasteiger partial charge on any atom is -0.507 e. The summed E-state index contributed by atoms with van der Waals surface area (Å²) in [6, 6.07) is 13.6. The molecule has 0 bridgehead atoms. The topological polar surface area (TPSA) is 79.3 Å². The second-order valence-corrected chi connectivity index (χ2v) is 9.00. The first-order chi connectivity index (χ1) is 16.0. The van der Waals surface area contributed by atoms with Crippen LogP contribution in [-0.4, -0.2) is 73.1 Å². The van der Waals surface area contributed by atoms with E-state index in [0.29, 0.717) is 31.1 Å². The van der Waals surface area contributed by atoms with Gasteiger partial charge in [0.25, 0.3) is 11.7 Å². The molecule has 2 aliphatic heterocycles. The molecule has 2 saturated heterocycles. The molecule has 2 heterocycles. The largest absolute Gasteiger partial charge is 0.507 e. The number of methoxy groups -OCH3 is 1. The first kappa shape index (κ1) is 23.5. The lowest BCUT2D eigenvalue weighted by molar-refractivity contribution is -0.140. The first-order valence-corrected chi connectivity index (χ1v) is 11.8. The average molecular weight is 515 g/mol. The predicted octanol–water partition coefficient (Wildman–Crippen LogP) is 3.60. The lowest BCUT2D eigenvalue weighted by Crippen LogP contribution is -2.38. The Kier molecular flexibility index (Phi) is 7.47. The summed E-state index contributed by atoms with van der Waals surface area (Å²) in [7, 11) is 1.58. The lowest BCUT2D eigenvalue weighted by atomic mass is 9.95. The van der Waals surface area contributed by atoms with Crippen LogP contribution in [0.15, 0.2) is 58.6 Å². The number of carbonyl (C=O) groups is 2. The fourth-order valence-electron chi connectivity index (χ4n) is 4.30. The second-order valence-electron chi connectivity index (χ2n) is 8.08. The predicted molar refractivity (Wildman–Crippen MR) is 128 cm³/mol. The smallest absolute Gasteiger partial charge is 0.295 e. The van der Waals surface area contributed by atoms with Gasteiger partial charge in [-0.05, 0) is 36.2 Å². The molecule has 2 aliphatic rings. The van der Waals surface area contributed by atoms with Gasteiger partial charge in [0.1, 0.15) is 11.5 Å². The van der Waals surface area contributed by atoms with Crippen molar-refractivity contribution in [3.8, 4) is 5.75 Å². The minimum atomic E-state index is -0.664. The Labute approximate surface area is 201 Å². The monoisotopic (exact) mass is 514 g/mol. The standard InChI is InChI=1S/C25H27BrN2O5/c1-32-20-9-5-17(6-10-20)22-21(23(29)18-3-7-19(26)8-4-18)24(30)25(31)28(22)12-2-11-27-13-15-33-16-14-27/h3-10,22,29H,2,11-16H2,1H3/b23-21+. The number of amides is 1. The summed E-state index contributed by atoms with van der Waals surface area (Å²) < 4.78 is 11.5. The van der Waals surface area contributed by atoms with Crippen LogP contribution in [0.4, 0.5) is 0 Å². The van der Waals surface area contributed by atoms with Crippen molar-refractivity contribution in [2.75, 3.05) is 46.5 Å². The number of ether oxygens (including phenoxy) is 2. The van der Waals surface area contributed by atoms with Gasteiger partial charge in [-0.15, -0.1) is 0 Å². The van der Waals surface area contributed by atoms with Crippen LogP contribution >= 0.6 is 15.9 Å². The third-order valence-corrected chi connectivity index (χ3v) is 6.59. The number of likely N-dealkylation sites (tertiary alicyclic amines) is 1. The Hall–Kier alpha value is -2.68. The maximum Gasteiger partial charge on any atom is 0.295 e. The quantitative estimate of drug-likeness (QED) is 0.345. The van der Waals surface area contributed by atoms with Crippen LogP contribution < -0.4 is 4.74 Å². The second kappa shape index (κ2) is 10.5. The highest BCUT2D eigenvalue weighted by atomic mass is 79.9. The molecular weight excluding hydrogens is 488 g/mol. The average Bonchev–Trinajstić information content (AvgIpc) is 3.10. The molecule has 1 N–H and O–H groups in total. The van der Waals surface area contributed by atoms with Gasteiger partial charge in [0.05, 0.1) is 31.9 Å². The Bertz CT molecular complexity index is 1030. The van der Waals surface area contributed by atoms with Crippen LogP contribution in [0.5, 0.6) is 5.75 Å². The van der Waals surface area contributed by atoms with Crippen molar-refractivity contribution in [2.24, 2.45) is 0 Å². The Morgan fingerprint density at radius 2 is 1.73 bits per heavy atom. The third-order valence-electron chi connectivity index (χ3n) is 6.07. The van der Waals surface area contributed by atoms with Gasteiger partial charge in [0.15, 0.2) is 0 Å². The van der Waals surface area contributed by atoms with Crippen LogP contribution in [0.25, 0.3) is 5.76 Å². The molecular formula is C25H27BrN2O5. The minimum absolute atomic E-state index is 0.110. The Morgan fingerprint density at radius 1 is 1.06 bits per heavy atom. The van der Waals surface area contributed by atoms with Gasteiger partial charge in [0, 0.05) is 36.2 Å². The van der Waals surface area contributed by atoms with Crippen LogP contribution in [-0.2, 0) is 14.3 Å². The number of Topliss-reactive ketones (excluding diaryl/α,β-unsaturated/α-hetero) is 1. The molecule has 1 atom stereocenters. The van der Waals surface area contributed by atoms with Gasteiger partial charge < -0.3 is 19.5 Å². The van der Waals surface area contributed by atoms with Gasteiger partial charge in [-0.3, -0.25) is 14.5 Å². The number of benzene rings is 2. The number of hydrogen-bond donors (Lipinski definition) is 1. The normalized spacial score (nSPS) is 20.9. The summed E-state index contributed by atoms with van der Waals surface area (Å²) in [5, 5.41) is 11.1. The molecule has 2 fully saturated rings. The summed E-state index contributed by atoms with van der Waals surface area (Å²) in [6.45, 7) is 4.38. The van der Waals surface area contributed by atoms with E-state index in [1.54, 1.807) is 48.4 Å². The fraction of sp³-hybridized carbons (Fsp3) is 0.360. The number of aliphatic hydroxyl groups excluding tert-OH is 1. The summed E-state index contributed by atoms with van der Waals surface area (Å²) in [6.07, 6.45) is 0.720. The van der Waals surface area contributed by atoms with E-state index in [9.17, 15) is 14.7 Å².